The molecule has 1 heteroatoms. The number of hydrogen-bond acceptors (Lipinski definition) is 0. The summed E-state index contributed by atoms with van der Waals surface area (Å²) >= 11 is -3.24. The Labute approximate surface area is 72.9 Å². The predicted molar refractivity (Wildman–Crippen MR) is 56.0 cm³/mol. The Hall–Kier alpha value is 0.883. The van der Waals surface area contributed by atoms with Gasteiger partial charge in [0.2, 0.25) is 0 Å². The number of rotatable bonds is 2. The Bertz CT molecular complexity index is 844. The van der Waals surface area contributed by atoms with Gasteiger partial charge in [-0.15, -0.1) is 0 Å². The van der Waals surface area contributed by atoms with E-state index in [1.54, 1.807) is 41.8 Å². The molecular weight excluding hydrogens is 259 g/mol. The van der Waals surface area contributed by atoms with Crippen LogP contribution in [0.25, 0.3) is 0 Å². The van der Waals surface area contributed by atoms with E-state index in [2.05, 4.69) is 13.8 Å². The summed E-state index contributed by atoms with van der Waals surface area (Å²) in [6, 6.07) is 0. The van der Waals surface area contributed by atoms with E-state index in [-0.39, 0.29) is 0 Å². The predicted octanol–water partition coefficient (Wildman–Crippen LogP) is 4.94. The van der Waals surface area contributed by atoms with Crippen LogP contribution < -0.4 is 0 Å². The van der Waals surface area contributed by atoms with Gasteiger partial charge in [0.05, 0.1) is 0 Å². The van der Waals surface area contributed by atoms with Crippen molar-refractivity contribution in [1.82, 2.24) is 0 Å². The molecule has 0 N–H and O–H groups in total. The minimum absolute atomic E-state index is 1.22. The van der Waals surface area contributed by atoms with Crippen LogP contribution in [0.1, 0.15) is 26.7 Å². The Balaban J connectivity index is 1.90. The topological polar surface area (TPSA) is 0 Å². The average Bonchev–Trinajstić information content (AvgIpc) is 3.21. The third kappa shape index (κ3) is 0.0452. The van der Waals surface area contributed by atoms with Gasteiger partial charge in [-0.25, -0.2) is 0 Å². The second-order valence-electron chi connectivity index (χ2n) is 13.9. The molecule has 0 aromatic heterocycles. The zero-order chi connectivity index (χ0) is 9.35. The first kappa shape index (κ1) is 5.68. The van der Waals surface area contributed by atoms with Crippen LogP contribution in [0, 0.1) is 0 Å². The van der Waals surface area contributed by atoms with Gasteiger partial charge in [0.1, 0.15) is 0 Å². The van der Waals surface area contributed by atoms with Crippen molar-refractivity contribution in [2.75, 3.05) is 0 Å². The van der Waals surface area contributed by atoms with Crippen molar-refractivity contribution in [1.29, 1.82) is 0 Å². The van der Waals surface area contributed by atoms with Gasteiger partial charge < -0.3 is 0 Å². The van der Waals surface area contributed by atoms with Crippen LogP contribution in [0.2, 0.25) is 35.3 Å². The molecule has 10 aliphatic heterocycles. The molecule has 10 heterocycles. The molecular formula is C14H18Zr. The SMILES string of the molecule is CC[C]12[CH]3[CH]4[CH]5[C]1(CC)[Zr]43521678[CH]2[CH]1[CH]6[CH]7[CH]28. The monoisotopic (exact) mass is 276 g/mol. The minimum atomic E-state index is -3.24. The molecule has 4 atom stereocenters. The molecule has 0 aromatic carbocycles. The molecule has 0 radical (unpaired) electrons. The second-order valence-corrected chi connectivity index (χ2v) is 66.0. The molecule has 0 nitrogen and oxygen atoms in total. The van der Waals surface area contributed by atoms with E-state index >= 15 is 0 Å². The fourth-order valence-electron chi connectivity index (χ4n) is 28.2. The van der Waals surface area contributed by atoms with Gasteiger partial charge in [-0.2, -0.15) is 0 Å². The van der Waals surface area contributed by atoms with Crippen LogP contribution in [0.4, 0.5) is 0 Å². The Morgan fingerprint density at radius 1 is 0.733 bits per heavy atom. The molecule has 0 aromatic rings. The first-order valence-corrected chi connectivity index (χ1v) is 21.9. The number of fused-ring (bicyclic) bond motifs is 10. The standard InChI is InChI=1S/C9H13.C5H5.Zr/c1-3-8-6-5-7-9(8)4-2;1-2-4-5-3-1;/h5-7H,3-4H2,1-2H3;1-5H;. The van der Waals surface area contributed by atoms with Gasteiger partial charge in [-0.3, -0.25) is 0 Å². The third-order valence-electron chi connectivity index (χ3n) is 22.4. The fraction of sp³-hybridized carbons (Fsp3) is 1.00. The summed E-state index contributed by atoms with van der Waals surface area (Å²) in [5.74, 6) is 0. The van der Waals surface area contributed by atoms with Crippen LogP contribution in [-0.2, 0) is 11.4 Å². The van der Waals surface area contributed by atoms with E-state index < -0.39 is 11.4 Å². The third-order valence-corrected chi connectivity index (χ3v) is 121. The second kappa shape index (κ2) is 0.408. The van der Waals surface area contributed by atoms with E-state index in [0.717, 1.165) is 0 Å². The van der Waals surface area contributed by atoms with Crippen LogP contribution in [0.3, 0.4) is 0 Å². The first-order chi connectivity index (χ1) is 7.06. The first-order valence-electron chi connectivity index (χ1n) is 8.09. The van der Waals surface area contributed by atoms with E-state index in [1.165, 1.54) is 6.25 Å². The van der Waals surface area contributed by atoms with Crippen molar-refractivity contribution in [3.8, 4) is 0 Å². The Morgan fingerprint density at radius 3 is 1.27 bits per heavy atom. The maximum atomic E-state index is 2.62. The zero-order valence-electron chi connectivity index (χ0n) is 9.53. The van der Waals surface area contributed by atoms with Crippen LogP contribution in [0.15, 0.2) is 0 Å². The molecule has 10 rings (SSSR count). The van der Waals surface area contributed by atoms with Crippen LogP contribution in [-0.4, -0.2) is 0 Å². The summed E-state index contributed by atoms with van der Waals surface area (Å²) in [7, 11) is 0. The van der Waals surface area contributed by atoms with Gasteiger partial charge in [0, 0.05) is 0 Å². The molecule has 1 spiro atoms. The summed E-state index contributed by atoms with van der Waals surface area (Å²) < 4.78 is 15.0. The summed E-state index contributed by atoms with van der Waals surface area (Å²) in [6.07, 6.45) is 3.37. The molecule has 0 saturated carbocycles. The van der Waals surface area contributed by atoms with Crippen molar-refractivity contribution in [3.63, 3.8) is 0 Å². The van der Waals surface area contributed by atoms with Gasteiger partial charge >= 0.3 is 73.3 Å². The van der Waals surface area contributed by atoms with Gasteiger partial charge in [-0.05, 0) is 0 Å². The average molecular weight is 278 g/mol. The van der Waals surface area contributed by atoms with E-state index in [9.17, 15) is 0 Å². The van der Waals surface area contributed by atoms with Gasteiger partial charge in [-0.1, -0.05) is 0 Å². The van der Waals surface area contributed by atoms with E-state index in [1.807, 2.05) is 0 Å². The Morgan fingerprint density at radius 2 is 1.13 bits per heavy atom. The molecule has 0 amide bonds. The summed E-state index contributed by atoms with van der Waals surface area (Å²) in [4.78, 5) is 0. The molecule has 4 unspecified atom stereocenters. The zero-order valence-corrected chi connectivity index (χ0v) is 12.0. The van der Waals surface area contributed by atoms with Crippen molar-refractivity contribution < 1.29 is 11.4 Å². The number of hydrogen-bond donors (Lipinski definition) is 0. The quantitative estimate of drug-likeness (QED) is 0.671. The van der Waals surface area contributed by atoms with E-state index in [4.69, 9.17) is 0 Å². The van der Waals surface area contributed by atoms with Gasteiger partial charge in [0.25, 0.3) is 0 Å². The molecule has 0 aliphatic carbocycles. The summed E-state index contributed by atoms with van der Waals surface area (Å²) in [5, 5.41) is 0. The summed E-state index contributed by atoms with van der Waals surface area (Å²) in [5.41, 5.74) is 0. The molecule has 10 fully saturated rings. The normalized spacial score (nSPS) is 139. The van der Waals surface area contributed by atoms with Gasteiger partial charge in [0.15, 0.2) is 0 Å². The van der Waals surface area contributed by atoms with Crippen molar-refractivity contribution in [2.45, 2.75) is 61.9 Å². The molecule has 10 saturated heterocycles. The van der Waals surface area contributed by atoms with Crippen molar-refractivity contribution in [3.05, 3.63) is 0 Å². The fourth-order valence-corrected chi connectivity index (χ4v) is 262. The molecule has 0 bridgehead atoms. The van der Waals surface area contributed by atoms with Crippen LogP contribution >= 0.6 is 0 Å². The van der Waals surface area contributed by atoms with E-state index in [0.29, 0.717) is 0 Å². The molecule has 10 aliphatic rings. The Kier molecular flexibility index (Phi) is 0.154. The molecule has 78 valence electrons. The maximum absolute atomic E-state index is 3.24. The summed E-state index contributed by atoms with van der Waals surface area (Å²) in [6.45, 7) is 5.24. The molecule has 15 heavy (non-hydrogen) atoms. The van der Waals surface area contributed by atoms with Crippen molar-refractivity contribution >= 4 is 0 Å². The van der Waals surface area contributed by atoms with Crippen molar-refractivity contribution in [2.24, 2.45) is 0 Å². The van der Waals surface area contributed by atoms with Crippen LogP contribution in [0.5, 0.6) is 0 Å².